The van der Waals surface area contributed by atoms with Crippen LogP contribution in [-0.4, -0.2) is 30.1 Å². The second-order valence-corrected chi connectivity index (χ2v) is 5.43. The topological polar surface area (TPSA) is 75.6 Å². The Balaban J connectivity index is 1.84. The molecular weight excluding hydrogens is 294 g/mol. The maximum absolute atomic E-state index is 11.8. The Morgan fingerprint density at radius 1 is 1.17 bits per heavy atom. The molecule has 0 aliphatic heterocycles. The average Bonchev–Trinajstić information content (AvgIpc) is 2.56. The van der Waals surface area contributed by atoms with E-state index in [-0.39, 0.29) is 19.1 Å². The van der Waals surface area contributed by atoms with Gasteiger partial charge < -0.3 is 15.2 Å². The Kier molecular flexibility index (Phi) is 5.97. The molecule has 0 saturated heterocycles. The van der Waals surface area contributed by atoms with Gasteiger partial charge in [0.1, 0.15) is 5.75 Å². The summed E-state index contributed by atoms with van der Waals surface area (Å²) in [5.41, 5.74) is 0. The third-order valence-electron chi connectivity index (χ3n) is 3.62. The minimum Gasteiger partial charge on any atom is -0.484 e. The van der Waals surface area contributed by atoms with Crippen LogP contribution in [0.15, 0.2) is 42.5 Å². The lowest BCUT2D eigenvalue weighted by atomic mass is 10.0. The quantitative estimate of drug-likeness (QED) is 0.785. The van der Waals surface area contributed by atoms with Gasteiger partial charge in [0.25, 0.3) is 5.91 Å². The van der Waals surface area contributed by atoms with Gasteiger partial charge in [-0.1, -0.05) is 43.7 Å². The second-order valence-electron chi connectivity index (χ2n) is 5.43. The first kappa shape index (κ1) is 16.8. The van der Waals surface area contributed by atoms with E-state index in [1.807, 2.05) is 49.4 Å². The molecule has 2 aromatic carbocycles. The monoisotopic (exact) mass is 315 g/mol. The van der Waals surface area contributed by atoms with Crippen molar-refractivity contribution in [3.63, 3.8) is 0 Å². The van der Waals surface area contributed by atoms with Gasteiger partial charge in [0.15, 0.2) is 6.61 Å². The molecule has 1 atom stereocenters. The van der Waals surface area contributed by atoms with Gasteiger partial charge in [-0.2, -0.15) is 0 Å². The molecule has 5 heteroatoms. The highest BCUT2D eigenvalue weighted by Gasteiger charge is 2.17. The minimum absolute atomic E-state index is 0.128. The van der Waals surface area contributed by atoms with Gasteiger partial charge >= 0.3 is 5.97 Å². The van der Waals surface area contributed by atoms with E-state index in [4.69, 9.17) is 9.84 Å². The fraction of sp³-hybridized carbons (Fsp3) is 0.333. The first-order valence-corrected chi connectivity index (χ1v) is 7.71. The predicted molar refractivity (Wildman–Crippen MR) is 88.5 cm³/mol. The van der Waals surface area contributed by atoms with Crippen LogP contribution in [0.2, 0.25) is 0 Å². The Labute approximate surface area is 135 Å². The molecule has 2 rings (SSSR count). The van der Waals surface area contributed by atoms with E-state index in [0.717, 1.165) is 17.2 Å². The third-order valence-corrected chi connectivity index (χ3v) is 3.62. The van der Waals surface area contributed by atoms with Crippen LogP contribution in [0, 0.1) is 5.92 Å². The number of ether oxygens (including phenoxy) is 1. The molecule has 0 spiro atoms. The molecular formula is C18H21NO4. The van der Waals surface area contributed by atoms with Crippen molar-refractivity contribution < 1.29 is 19.4 Å². The van der Waals surface area contributed by atoms with E-state index >= 15 is 0 Å². The van der Waals surface area contributed by atoms with Gasteiger partial charge in [-0.3, -0.25) is 9.59 Å². The standard InChI is InChI=1S/C18H21NO4/c1-2-5-15(18(21)22)11-19-17(20)12-23-16-9-8-13-6-3-4-7-14(13)10-16/h3-4,6-10,15H,2,5,11-12H2,1H3,(H,19,20)(H,21,22). The number of hydrogen-bond acceptors (Lipinski definition) is 3. The summed E-state index contributed by atoms with van der Waals surface area (Å²) < 4.78 is 5.47. The first-order valence-electron chi connectivity index (χ1n) is 7.71. The van der Waals surface area contributed by atoms with E-state index < -0.39 is 11.9 Å². The molecule has 0 aliphatic carbocycles. The van der Waals surface area contributed by atoms with Crippen molar-refractivity contribution in [2.45, 2.75) is 19.8 Å². The van der Waals surface area contributed by atoms with E-state index in [0.29, 0.717) is 12.2 Å². The lowest BCUT2D eigenvalue weighted by Crippen LogP contribution is -2.35. The molecule has 5 nitrogen and oxygen atoms in total. The summed E-state index contributed by atoms with van der Waals surface area (Å²) in [7, 11) is 0. The molecule has 0 heterocycles. The summed E-state index contributed by atoms with van der Waals surface area (Å²) >= 11 is 0. The maximum atomic E-state index is 11.8. The molecule has 0 aliphatic rings. The van der Waals surface area contributed by atoms with Crippen LogP contribution in [0.5, 0.6) is 5.75 Å². The van der Waals surface area contributed by atoms with Crippen LogP contribution < -0.4 is 10.1 Å². The number of nitrogens with one attached hydrogen (secondary N) is 1. The molecule has 0 bridgehead atoms. The summed E-state index contributed by atoms with van der Waals surface area (Å²) in [5.74, 6) is -1.14. The summed E-state index contributed by atoms with van der Waals surface area (Å²) in [4.78, 5) is 22.8. The normalized spacial score (nSPS) is 11.9. The molecule has 2 N–H and O–H groups in total. The third kappa shape index (κ3) is 4.98. The zero-order chi connectivity index (χ0) is 16.7. The number of carbonyl (C=O) groups excluding carboxylic acids is 1. The molecule has 0 aromatic heterocycles. The van der Waals surface area contributed by atoms with Crippen LogP contribution in [0.3, 0.4) is 0 Å². The van der Waals surface area contributed by atoms with Gasteiger partial charge in [-0.15, -0.1) is 0 Å². The smallest absolute Gasteiger partial charge is 0.308 e. The second kappa shape index (κ2) is 8.17. The molecule has 1 amide bonds. The highest BCUT2D eigenvalue weighted by atomic mass is 16.5. The highest BCUT2D eigenvalue weighted by molar-refractivity contribution is 5.84. The van der Waals surface area contributed by atoms with E-state index in [9.17, 15) is 9.59 Å². The van der Waals surface area contributed by atoms with E-state index in [2.05, 4.69) is 5.32 Å². The Morgan fingerprint density at radius 3 is 2.61 bits per heavy atom. The predicted octanol–water partition coefficient (Wildman–Crippen LogP) is 2.84. The van der Waals surface area contributed by atoms with Crippen molar-refractivity contribution in [2.75, 3.05) is 13.2 Å². The zero-order valence-corrected chi connectivity index (χ0v) is 13.1. The Hall–Kier alpha value is -2.56. The summed E-state index contributed by atoms with van der Waals surface area (Å²) in [6, 6.07) is 13.5. The van der Waals surface area contributed by atoms with Crippen molar-refractivity contribution in [1.82, 2.24) is 5.32 Å². The van der Waals surface area contributed by atoms with Gasteiger partial charge in [0.2, 0.25) is 0 Å². The molecule has 0 saturated carbocycles. The van der Waals surface area contributed by atoms with Gasteiger partial charge in [0, 0.05) is 6.54 Å². The number of carboxylic acid groups (broad SMARTS) is 1. The van der Waals surface area contributed by atoms with Crippen LogP contribution in [0.1, 0.15) is 19.8 Å². The number of aliphatic carboxylic acids is 1. The van der Waals surface area contributed by atoms with Gasteiger partial charge in [-0.05, 0) is 29.3 Å². The number of rotatable bonds is 8. The van der Waals surface area contributed by atoms with Gasteiger partial charge in [-0.25, -0.2) is 0 Å². The average molecular weight is 315 g/mol. The number of hydrogen-bond donors (Lipinski definition) is 2. The lowest BCUT2D eigenvalue weighted by Gasteiger charge is -2.13. The zero-order valence-electron chi connectivity index (χ0n) is 13.1. The number of amides is 1. The highest BCUT2D eigenvalue weighted by Crippen LogP contribution is 2.20. The minimum atomic E-state index is -0.886. The van der Waals surface area contributed by atoms with Crippen LogP contribution in [0.4, 0.5) is 0 Å². The molecule has 1 unspecified atom stereocenters. The first-order chi connectivity index (χ1) is 11.1. The Bertz CT molecular complexity index is 684. The van der Waals surface area contributed by atoms with Crippen LogP contribution in [-0.2, 0) is 9.59 Å². The van der Waals surface area contributed by atoms with E-state index in [1.54, 1.807) is 0 Å². The largest absolute Gasteiger partial charge is 0.484 e. The van der Waals surface area contributed by atoms with Crippen molar-refractivity contribution in [3.8, 4) is 5.75 Å². The van der Waals surface area contributed by atoms with Crippen molar-refractivity contribution in [2.24, 2.45) is 5.92 Å². The molecule has 0 radical (unpaired) electrons. The van der Waals surface area contributed by atoms with Gasteiger partial charge in [0.05, 0.1) is 5.92 Å². The fourth-order valence-electron chi connectivity index (χ4n) is 2.36. The molecule has 23 heavy (non-hydrogen) atoms. The van der Waals surface area contributed by atoms with E-state index in [1.165, 1.54) is 0 Å². The van der Waals surface area contributed by atoms with Crippen molar-refractivity contribution in [3.05, 3.63) is 42.5 Å². The van der Waals surface area contributed by atoms with Crippen LogP contribution in [0.25, 0.3) is 10.8 Å². The summed E-state index contributed by atoms with van der Waals surface area (Å²) in [6.07, 6.45) is 1.31. The lowest BCUT2D eigenvalue weighted by molar-refractivity contribution is -0.142. The number of fused-ring (bicyclic) bond motifs is 1. The Morgan fingerprint density at radius 2 is 1.91 bits per heavy atom. The van der Waals surface area contributed by atoms with Crippen LogP contribution >= 0.6 is 0 Å². The fourth-order valence-corrected chi connectivity index (χ4v) is 2.36. The number of carbonyl (C=O) groups is 2. The molecule has 122 valence electrons. The van der Waals surface area contributed by atoms with Crippen molar-refractivity contribution >= 4 is 22.6 Å². The summed E-state index contributed by atoms with van der Waals surface area (Å²) in [5, 5.41) is 13.8. The number of carboxylic acids is 1. The van der Waals surface area contributed by atoms with Crippen molar-refractivity contribution in [1.29, 1.82) is 0 Å². The molecule has 0 fully saturated rings. The summed E-state index contributed by atoms with van der Waals surface area (Å²) in [6.45, 7) is 1.92. The SMILES string of the molecule is CCCC(CNC(=O)COc1ccc2ccccc2c1)C(=O)O. The number of benzene rings is 2. The molecule has 2 aromatic rings. The maximum Gasteiger partial charge on any atom is 0.308 e.